The number of nitrogens with two attached hydrogens (primary N) is 2. The molecule has 0 aromatic heterocycles. The minimum absolute atomic E-state index is 0. The molecule has 0 heterocycles. The predicted octanol–water partition coefficient (Wildman–Crippen LogP) is -14.5. The quantitative estimate of drug-likeness (QED) is 0.360. The Kier molecular flexibility index (Phi) is 132. The van der Waals surface area contributed by atoms with Crippen LogP contribution in [0.25, 0.3) is 0 Å². The van der Waals surface area contributed by atoms with E-state index in [1.165, 1.54) is 0 Å². The van der Waals surface area contributed by atoms with Crippen molar-refractivity contribution in [1.29, 1.82) is 0 Å². The van der Waals surface area contributed by atoms with Gasteiger partial charge in [0.15, 0.2) is 0 Å². The molecule has 0 bridgehead atoms. The Morgan fingerprint density at radius 3 is 0.750 bits per heavy atom. The number of aliphatic carboxylic acids is 4. The maximum atomic E-state index is 9.00. The molecule has 0 spiro atoms. The molecule has 0 saturated heterocycles. The molecule has 0 aliphatic heterocycles. The first-order valence-corrected chi connectivity index (χ1v) is 4.97. The topological polar surface area (TPSA) is 241 Å². The molecule has 24 heavy (non-hydrogen) atoms. The monoisotopic (exact) mass is 384 g/mol. The van der Waals surface area contributed by atoms with Crippen molar-refractivity contribution >= 4 is 23.9 Å². The van der Waals surface area contributed by atoms with E-state index < -0.39 is 23.9 Å². The summed E-state index contributed by atoms with van der Waals surface area (Å²) in [6.07, 6.45) is 0. The molecule has 0 aliphatic carbocycles. The summed E-state index contributed by atoms with van der Waals surface area (Å²) in [5.41, 5.74) is 9.81. The second kappa shape index (κ2) is 56.5. The summed E-state index contributed by atoms with van der Waals surface area (Å²) < 4.78 is 0. The number of hydrogen-bond donors (Lipinski definition) is 3. The molecule has 0 aliphatic rings. The van der Waals surface area contributed by atoms with E-state index in [0.29, 0.717) is 13.1 Å². The molecule has 14 heteroatoms. The Morgan fingerprint density at radius 1 is 0.708 bits per heavy atom. The van der Waals surface area contributed by atoms with E-state index in [-0.39, 0.29) is 94.1 Å². The van der Waals surface area contributed by atoms with Crippen LogP contribution in [0, 0.1) is 0 Å². The third-order valence-corrected chi connectivity index (χ3v) is 0.167. The van der Waals surface area contributed by atoms with Crippen LogP contribution in [-0.4, -0.2) is 47.5 Å². The van der Waals surface area contributed by atoms with E-state index in [0.717, 1.165) is 27.7 Å². The van der Waals surface area contributed by atoms with Crippen LogP contribution in [0.3, 0.4) is 0 Å². The molecule has 0 aromatic carbocycles. The van der Waals surface area contributed by atoms with Gasteiger partial charge in [0.2, 0.25) is 0 Å². The summed E-state index contributed by atoms with van der Waals surface area (Å²) in [5.74, 6) is -4.08. The third kappa shape index (κ3) is 3480. The van der Waals surface area contributed by atoms with Crippen molar-refractivity contribution in [2.75, 3.05) is 13.1 Å². The standard InChI is InChI=1S/C2H8N2.4C2H4O2.3Na.H2O/c3-1-2-4;4*1-2(3)4;;;;/h1-4H2;4*1H3,(H,3,4);;;;1H2/q;;;;;3*+1;/p-3. The van der Waals surface area contributed by atoms with Gasteiger partial charge in [0.1, 0.15) is 0 Å². The summed E-state index contributed by atoms with van der Waals surface area (Å²) in [6.45, 7) is 5.19. The normalized spacial score (nSPS) is 5.42. The van der Waals surface area contributed by atoms with Crippen molar-refractivity contribution in [2.24, 2.45) is 11.5 Å². The van der Waals surface area contributed by atoms with E-state index in [1.54, 1.807) is 0 Å². The van der Waals surface area contributed by atoms with Gasteiger partial charge in [0.25, 0.3) is 5.97 Å². The van der Waals surface area contributed by atoms with Gasteiger partial charge >= 0.3 is 88.7 Å². The fraction of sp³-hybridized carbons (Fsp3) is 0.600. The SMILES string of the molecule is CC(=O)O.CC(=O)[O-].CC(=O)[O-].CC(=O)[O-].NCCN.O.[Na+].[Na+].[Na+]. The van der Waals surface area contributed by atoms with Crippen LogP contribution in [0.4, 0.5) is 0 Å². The summed E-state index contributed by atoms with van der Waals surface area (Å²) in [4.78, 5) is 35.7. The largest absolute Gasteiger partial charge is 1.00 e. The second-order valence-corrected chi connectivity index (χ2v) is 2.57. The van der Waals surface area contributed by atoms with Gasteiger partial charge < -0.3 is 51.8 Å². The first-order chi connectivity index (χ1) is 8.84. The van der Waals surface area contributed by atoms with Crippen LogP contribution in [0.2, 0.25) is 0 Å². The van der Waals surface area contributed by atoms with Gasteiger partial charge in [-0.2, -0.15) is 0 Å². The predicted molar refractivity (Wildman–Crippen MR) is 67.1 cm³/mol. The molecule has 0 unspecified atom stereocenters. The molecule has 0 atom stereocenters. The van der Waals surface area contributed by atoms with Gasteiger partial charge in [-0.1, -0.05) is 0 Å². The van der Waals surface area contributed by atoms with Gasteiger partial charge in [-0.05, 0) is 20.8 Å². The molecule has 0 fully saturated rings. The summed E-state index contributed by atoms with van der Waals surface area (Å²) in [7, 11) is 0. The zero-order chi connectivity index (χ0) is 17.7. The van der Waals surface area contributed by atoms with Gasteiger partial charge in [-0.3, -0.25) is 4.79 Å². The van der Waals surface area contributed by atoms with Crippen LogP contribution >= 0.6 is 0 Å². The fourth-order valence-electron chi connectivity index (χ4n) is 0. The number of carboxylic acid groups (broad SMARTS) is 4. The number of carbonyl (C=O) groups excluding carboxylic acids is 3. The van der Waals surface area contributed by atoms with E-state index in [2.05, 4.69) is 0 Å². The average molecular weight is 384 g/mol. The van der Waals surface area contributed by atoms with Crippen LogP contribution in [-0.2, 0) is 19.2 Å². The maximum absolute atomic E-state index is 9.00. The Bertz CT molecular complexity index is 204. The van der Waals surface area contributed by atoms with Crippen LogP contribution in [0.5, 0.6) is 0 Å². The van der Waals surface area contributed by atoms with Crippen LogP contribution in [0.15, 0.2) is 0 Å². The number of hydrogen-bond acceptors (Lipinski definition) is 9. The van der Waals surface area contributed by atoms with Gasteiger partial charge in [-0.25, -0.2) is 0 Å². The van der Waals surface area contributed by atoms with Crippen molar-refractivity contribution in [3.8, 4) is 0 Å². The van der Waals surface area contributed by atoms with Crippen molar-refractivity contribution in [3.05, 3.63) is 0 Å². The third-order valence-electron chi connectivity index (χ3n) is 0.167. The van der Waals surface area contributed by atoms with E-state index >= 15 is 0 Å². The molecule has 130 valence electrons. The van der Waals surface area contributed by atoms with Gasteiger partial charge in [0, 0.05) is 37.9 Å². The first-order valence-electron chi connectivity index (χ1n) is 4.97. The smallest absolute Gasteiger partial charge is 0.550 e. The zero-order valence-electron chi connectivity index (χ0n) is 15.4. The minimum atomic E-state index is -1.08. The van der Waals surface area contributed by atoms with Gasteiger partial charge in [0.05, 0.1) is 0 Å². The Balaban J connectivity index is -0.0000000161. The van der Waals surface area contributed by atoms with Crippen molar-refractivity contribution in [3.63, 3.8) is 0 Å². The number of carbonyl (C=O) groups is 4. The minimum Gasteiger partial charge on any atom is -0.550 e. The molecule has 0 rings (SSSR count). The Morgan fingerprint density at radius 2 is 0.750 bits per heavy atom. The molecule has 7 N–H and O–H groups in total. The first kappa shape index (κ1) is 56.3. The molecule has 11 nitrogen and oxygen atoms in total. The molecular formula is C10H23N2Na3O9. The number of rotatable bonds is 1. The van der Waals surface area contributed by atoms with E-state index in [4.69, 9.17) is 51.1 Å². The summed E-state index contributed by atoms with van der Waals surface area (Å²) in [6, 6.07) is 0. The van der Waals surface area contributed by atoms with Crippen molar-refractivity contribution < 1.29 is 134 Å². The van der Waals surface area contributed by atoms with E-state index in [9.17, 15) is 0 Å². The molecular weight excluding hydrogens is 361 g/mol. The van der Waals surface area contributed by atoms with Crippen molar-refractivity contribution in [1.82, 2.24) is 0 Å². The summed E-state index contributed by atoms with van der Waals surface area (Å²) >= 11 is 0. The molecule has 0 aromatic rings. The van der Waals surface area contributed by atoms with Crippen LogP contribution in [0.1, 0.15) is 27.7 Å². The molecule has 0 saturated carbocycles. The second-order valence-electron chi connectivity index (χ2n) is 2.57. The van der Waals surface area contributed by atoms with Crippen LogP contribution < -0.4 is 115 Å². The maximum Gasteiger partial charge on any atom is 1.00 e. The number of carboxylic acids is 4. The van der Waals surface area contributed by atoms with E-state index in [1.807, 2.05) is 0 Å². The molecule has 0 amide bonds. The zero-order valence-corrected chi connectivity index (χ0v) is 21.4. The Labute approximate surface area is 207 Å². The Hall–Kier alpha value is 0.760. The van der Waals surface area contributed by atoms with Gasteiger partial charge in [-0.15, -0.1) is 0 Å². The fourth-order valence-corrected chi connectivity index (χ4v) is 0. The molecule has 0 radical (unpaired) electrons. The summed E-state index contributed by atoms with van der Waals surface area (Å²) in [5, 5.41) is 34.1. The van der Waals surface area contributed by atoms with Crippen molar-refractivity contribution in [2.45, 2.75) is 27.7 Å². The average Bonchev–Trinajstić information content (AvgIpc) is 2.13.